The molecule has 0 bridgehead atoms. The molecule has 1 aromatic carbocycles. The number of nitrogens with zero attached hydrogens (tertiary/aromatic N) is 3. The molecule has 1 aliphatic rings. The van der Waals surface area contributed by atoms with Gasteiger partial charge in [-0.3, -0.25) is 4.79 Å². The Bertz CT molecular complexity index is 766. The van der Waals surface area contributed by atoms with Crippen LogP contribution in [0.4, 0.5) is 0 Å². The number of likely N-dealkylation sites (tertiary alicyclic amines) is 1. The van der Waals surface area contributed by atoms with E-state index in [2.05, 4.69) is 25.9 Å². The van der Waals surface area contributed by atoms with Gasteiger partial charge in [-0.05, 0) is 42.0 Å². The molecule has 1 unspecified atom stereocenters. The lowest BCUT2D eigenvalue weighted by molar-refractivity contribution is 0.0767. The molecule has 134 valence electrons. The largest absolute Gasteiger partial charge is 0.504 e. The lowest BCUT2D eigenvalue weighted by Gasteiger charge is -2.22. The van der Waals surface area contributed by atoms with Crippen LogP contribution in [0.2, 0.25) is 0 Å². The Morgan fingerprint density at radius 2 is 2.04 bits per heavy atom. The summed E-state index contributed by atoms with van der Waals surface area (Å²) in [4.78, 5) is 14.4. The summed E-state index contributed by atoms with van der Waals surface area (Å²) >= 11 is 0. The lowest BCUT2D eigenvalue weighted by Crippen LogP contribution is -2.34. The van der Waals surface area contributed by atoms with Crippen LogP contribution in [-0.4, -0.2) is 45.3 Å². The third kappa shape index (κ3) is 3.39. The molecule has 1 amide bonds. The van der Waals surface area contributed by atoms with E-state index in [1.54, 1.807) is 9.58 Å². The number of hydrogen-bond donors (Lipinski definition) is 2. The molecule has 2 aromatic rings. The predicted octanol–water partition coefficient (Wildman–Crippen LogP) is 2.51. The van der Waals surface area contributed by atoms with E-state index in [1.807, 2.05) is 24.3 Å². The van der Waals surface area contributed by atoms with Crippen molar-refractivity contribution in [2.24, 2.45) is 11.1 Å². The Labute approximate surface area is 148 Å². The molecule has 1 aromatic heterocycles. The SMILES string of the molecule is CC(C)c1ccc(-n2cc(O)c(C(=O)N3CCC(C)(CN)C3)n2)cc1. The third-order valence-electron chi connectivity index (χ3n) is 5.06. The molecule has 1 fully saturated rings. The highest BCUT2D eigenvalue weighted by atomic mass is 16.3. The Morgan fingerprint density at radius 1 is 1.36 bits per heavy atom. The van der Waals surface area contributed by atoms with Gasteiger partial charge < -0.3 is 15.7 Å². The van der Waals surface area contributed by atoms with Gasteiger partial charge >= 0.3 is 0 Å². The van der Waals surface area contributed by atoms with Gasteiger partial charge in [-0.25, -0.2) is 4.68 Å². The number of carbonyl (C=O) groups excluding carboxylic acids is 1. The number of rotatable bonds is 4. The minimum absolute atomic E-state index is 0.0550. The average molecular weight is 342 g/mol. The molecule has 3 rings (SSSR count). The van der Waals surface area contributed by atoms with Gasteiger partial charge in [0.2, 0.25) is 0 Å². The molecule has 1 saturated heterocycles. The zero-order valence-electron chi connectivity index (χ0n) is 15.1. The van der Waals surface area contributed by atoms with Gasteiger partial charge in [-0.1, -0.05) is 32.9 Å². The monoisotopic (exact) mass is 342 g/mol. The summed E-state index contributed by atoms with van der Waals surface area (Å²) in [7, 11) is 0. The van der Waals surface area contributed by atoms with E-state index in [0.717, 1.165) is 12.1 Å². The fraction of sp³-hybridized carbons (Fsp3) is 0.474. The summed E-state index contributed by atoms with van der Waals surface area (Å²) in [6.45, 7) is 8.13. The van der Waals surface area contributed by atoms with Crippen molar-refractivity contribution in [1.82, 2.24) is 14.7 Å². The molecule has 1 aliphatic heterocycles. The van der Waals surface area contributed by atoms with Gasteiger partial charge in [-0.2, -0.15) is 5.10 Å². The Hall–Kier alpha value is -2.34. The summed E-state index contributed by atoms with van der Waals surface area (Å²) in [5.74, 6) is 0.107. The second-order valence-electron chi connectivity index (χ2n) is 7.55. The normalized spacial score (nSPS) is 20.4. The zero-order valence-corrected chi connectivity index (χ0v) is 15.1. The number of amides is 1. The molecule has 1 atom stereocenters. The van der Waals surface area contributed by atoms with Crippen LogP contribution in [0.1, 0.15) is 49.2 Å². The Morgan fingerprint density at radius 3 is 2.60 bits per heavy atom. The first-order valence-electron chi connectivity index (χ1n) is 8.71. The molecule has 3 N–H and O–H groups in total. The number of aromatic nitrogens is 2. The Balaban J connectivity index is 1.82. The molecule has 0 saturated carbocycles. The third-order valence-corrected chi connectivity index (χ3v) is 5.06. The molecular formula is C19H26N4O2. The van der Waals surface area contributed by atoms with Crippen LogP contribution in [0.5, 0.6) is 5.75 Å². The average Bonchev–Trinajstić information content (AvgIpc) is 3.18. The van der Waals surface area contributed by atoms with Crippen LogP contribution >= 0.6 is 0 Å². The maximum atomic E-state index is 12.7. The van der Waals surface area contributed by atoms with Gasteiger partial charge in [0.05, 0.1) is 11.9 Å². The fourth-order valence-electron chi connectivity index (χ4n) is 3.17. The first kappa shape index (κ1) is 17.5. The molecule has 2 heterocycles. The molecule has 6 nitrogen and oxygen atoms in total. The van der Waals surface area contributed by atoms with Crippen LogP contribution in [0.25, 0.3) is 5.69 Å². The molecule has 0 spiro atoms. The van der Waals surface area contributed by atoms with E-state index in [0.29, 0.717) is 25.6 Å². The van der Waals surface area contributed by atoms with E-state index >= 15 is 0 Å². The second-order valence-corrected chi connectivity index (χ2v) is 7.55. The van der Waals surface area contributed by atoms with E-state index in [-0.39, 0.29) is 22.8 Å². The Kier molecular flexibility index (Phi) is 4.56. The molecular weight excluding hydrogens is 316 g/mol. The minimum Gasteiger partial charge on any atom is -0.504 e. The van der Waals surface area contributed by atoms with Crippen molar-refractivity contribution < 1.29 is 9.90 Å². The van der Waals surface area contributed by atoms with Gasteiger partial charge in [0, 0.05) is 13.1 Å². The first-order chi connectivity index (χ1) is 11.8. The predicted molar refractivity (Wildman–Crippen MR) is 97.0 cm³/mol. The molecule has 25 heavy (non-hydrogen) atoms. The highest BCUT2D eigenvalue weighted by molar-refractivity contribution is 5.95. The van der Waals surface area contributed by atoms with Crippen molar-refractivity contribution in [3.8, 4) is 11.4 Å². The van der Waals surface area contributed by atoms with Crippen molar-refractivity contribution in [3.63, 3.8) is 0 Å². The van der Waals surface area contributed by atoms with Gasteiger partial charge in [0.25, 0.3) is 5.91 Å². The summed E-state index contributed by atoms with van der Waals surface area (Å²) in [6, 6.07) is 7.95. The minimum atomic E-state index is -0.243. The van der Waals surface area contributed by atoms with Crippen molar-refractivity contribution in [3.05, 3.63) is 41.7 Å². The highest BCUT2D eigenvalue weighted by Gasteiger charge is 2.36. The van der Waals surface area contributed by atoms with E-state index in [9.17, 15) is 9.90 Å². The van der Waals surface area contributed by atoms with Crippen LogP contribution < -0.4 is 5.73 Å². The standard InChI is InChI=1S/C19H26N4O2/c1-13(2)14-4-6-15(7-5-14)23-10-16(24)17(21-23)18(25)22-9-8-19(3,11-20)12-22/h4-7,10,13,24H,8-9,11-12,20H2,1-3H3. The lowest BCUT2D eigenvalue weighted by atomic mass is 9.90. The molecule has 6 heteroatoms. The zero-order chi connectivity index (χ0) is 18.2. The quantitative estimate of drug-likeness (QED) is 0.894. The second kappa shape index (κ2) is 6.52. The van der Waals surface area contributed by atoms with E-state index in [4.69, 9.17) is 5.73 Å². The van der Waals surface area contributed by atoms with Crippen molar-refractivity contribution in [2.75, 3.05) is 19.6 Å². The maximum absolute atomic E-state index is 12.7. The summed E-state index contributed by atoms with van der Waals surface area (Å²) < 4.78 is 1.55. The first-order valence-corrected chi connectivity index (χ1v) is 8.71. The number of hydrogen-bond acceptors (Lipinski definition) is 4. The molecule has 0 aliphatic carbocycles. The number of carbonyl (C=O) groups is 1. The number of benzene rings is 1. The number of nitrogens with two attached hydrogens (primary N) is 1. The van der Waals surface area contributed by atoms with Gasteiger partial charge in [-0.15, -0.1) is 0 Å². The van der Waals surface area contributed by atoms with E-state index < -0.39 is 0 Å². The van der Waals surface area contributed by atoms with Crippen LogP contribution in [0.15, 0.2) is 30.5 Å². The van der Waals surface area contributed by atoms with Crippen molar-refractivity contribution in [2.45, 2.75) is 33.1 Å². The topological polar surface area (TPSA) is 84.4 Å². The van der Waals surface area contributed by atoms with Crippen LogP contribution in [-0.2, 0) is 0 Å². The molecule has 0 radical (unpaired) electrons. The fourth-order valence-corrected chi connectivity index (χ4v) is 3.17. The van der Waals surface area contributed by atoms with E-state index in [1.165, 1.54) is 11.8 Å². The van der Waals surface area contributed by atoms with Crippen LogP contribution in [0, 0.1) is 5.41 Å². The maximum Gasteiger partial charge on any atom is 0.278 e. The summed E-state index contributed by atoms with van der Waals surface area (Å²) in [5, 5.41) is 14.5. The smallest absolute Gasteiger partial charge is 0.278 e. The van der Waals surface area contributed by atoms with Gasteiger partial charge in [0.1, 0.15) is 0 Å². The van der Waals surface area contributed by atoms with Gasteiger partial charge in [0.15, 0.2) is 11.4 Å². The van der Waals surface area contributed by atoms with Crippen molar-refractivity contribution in [1.29, 1.82) is 0 Å². The summed E-state index contributed by atoms with van der Waals surface area (Å²) in [6.07, 6.45) is 2.35. The number of aromatic hydroxyl groups is 1. The van der Waals surface area contributed by atoms with Crippen LogP contribution in [0.3, 0.4) is 0 Å². The summed E-state index contributed by atoms with van der Waals surface area (Å²) in [5.41, 5.74) is 7.89. The highest BCUT2D eigenvalue weighted by Crippen LogP contribution is 2.30. The van der Waals surface area contributed by atoms with Crippen molar-refractivity contribution >= 4 is 5.91 Å².